The maximum Gasteiger partial charge on any atom is 0.278 e. The van der Waals surface area contributed by atoms with Crippen molar-refractivity contribution < 1.29 is 4.79 Å². The van der Waals surface area contributed by atoms with Gasteiger partial charge in [0.05, 0.1) is 5.56 Å². The van der Waals surface area contributed by atoms with E-state index in [1.807, 2.05) is 0 Å². The number of halogens is 3. The summed E-state index contributed by atoms with van der Waals surface area (Å²) < 4.78 is -2.09. The number of amides is 1. The minimum atomic E-state index is -2.09. The molecule has 0 bridgehead atoms. The largest absolute Gasteiger partial charge is 0.323 e. The first kappa shape index (κ1) is 17.8. The van der Waals surface area contributed by atoms with E-state index in [0.29, 0.717) is 16.5 Å². The lowest BCUT2D eigenvalue weighted by Crippen LogP contribution is -2.41. The highest BCUT2D eigenvalue weighted by atomic mass is 35.6. The van der Waals surface area contributed by atoms with Gasteiger partial charge in [0, 0.05) is 4.88 Å². The van der Waals surface area contributed by atoms with Crippen LogP contribution in [0.2, 0.25) is 0 Å². The molecule has 4 nitrogen and oxygen atoms in total. The van der Waals surface area contributed by atoms with Gasteiger partial charge in [-0.05, 0) is 43.0 Å². The Balaban J connectivity index is 2.15. The number of alkyl halides is 3. The molecule has 0 aliphatic heterocycles. The van der Waals surface area contributed by atoms with Crippen molar-refractivity contribution in [1.82, 2.24) is 5.32 Å². The van der Waals surface area contributed by atoms with Crippen LogP contribution < -0.4 is 10.6 Å². The lowest BCUT2D eigenvalue weighted by molar-refractivity contribution is -0.118. The van der Waals surface area contributed by atoms with Crippen LogP contribution in [0.5, 0.6) is 0 Å². The third kappa shape index (κ3) is 4.03. The maximum absolute atomic E-state index is 11.6. The van der Waals surface area contributed by atoms with Crippen molar-refractivity contribution in [2.24, 2.45) is 5.92 Å². The monoisotopic (exact) mass is 395 g/mol. The minimum absolute atomic E-state index is 0.000490. The quantitative estimate of drug-likeness (QED) is 0.557. The first-order valence-electron chi connectivity index (χ1n) is 6.46. The van der Waals surface area contributed by atoms with E-state index in [4.69, 9.17) is 47.0 Å². The Morgan fingerprint density at radius 2 is 2.18 bits per heavy atom. The van der Waals surface area contributed by atoms with E-state index in [2.05, 4.69) is 23.6 Å². The molecule has 0 spiro atoms. The summed E-state index contributed by atoms with van der Waals surface area (Å²) in [6, 6.07) is 2.20. The number of hydrogen-bond acceptors (Lipinski definition) is 4. The zero-order valence-corrected chi connectivity index (χ0v) is 15.4. The summed E-state index contributed by atoms with van der Waals surface area (Å²) >= 11 is 22.9. The predicted molar refractivity (Wildman–Crippen MR) is 94.9 cm³/mol. The predicted octanol–water partition coefficient (Wildman–Crippen LogP) is 3.93. The van der Waals surface area contributed by atoms with Gasteiger partial charge >= 0.3 is 0 Å². The molecule has 2 N–H and O–H groups in total. The Hall–Kier alpha value is -0.580. The Labute approximate surface area is 152 Å². The fraction of sp³-hybridized carbons (Fsp3) is 0.462. The number of thiocarbonyl (C=S) groups is 1. The van der Waals surface area contributed by atoms with E-state index in [-0.39, 0.29) is 5.11 Å². The second-order valence-corrected chi connectivity index (χ2v) is 8.87. The molecule has 9 heteroatoms. The fourth-order valence-corrected chi connectivity index (χ4v) is 4.03. The summed E-state index contributed by atoms with van der Waals surface area (Å²) in [7, 11) is 0. The molecule has 1 atom stereocenters. The maximum atomic E-state index is 11.6. The Kier molecular flexibility index (Phi) is 5.57. The number of hydrogen-bond donors (Lipinski definition) is 2. The molecule has 118 valence electrons. The van der Waals surface area contributed by atoms with Gasteiger partial charge in [-0.3, -0.25) is 10.1 Å². The van der Waals surface area contributed by atoms with Crippen LogP contribution in [0.25, 0.3) is 0 Å². The van der Waals surface area contributed by atoms with Gasteiger partial charge in [0.15, 0.2) is 5.11 Å². The molecule has 22 heavy (non-hydrogen) atoms. The van der Waals surface area contributed by atoms with Crippen LogP contribution in [0.1, 0.15) is 29.3 Å². The number of carbonyl (C=O) groups is 1. The van der Waals surface area contributed by atoms with Crippen molar-refractivity contribution in [2.75, 3.05) is 5.32 Å². The van der Waals surface area contributed by atoms with E-state index >= 15 is 0 Å². The average Bonchev–Trinajstić information content (AvgIpc) is 2.73. The Morgan fingerprint density at radius 3 is 2.77 bits per heavy atom. The number of nitriles is 1. The van der Waals surface area contributed by atoms with Crippen molar-refractivity contribution >= 4 is 74.4 Å². The molecule has 1 aliphatic carbocycles. The van der Waals surface area contributed by atoms with Gasteiger partial charge in [-0.25, -0.2) is 0 Å². The smallest absolute Gasteiger partial charge is 0.278 e. The third-order valence-electron chi connectivity index (χ3n) is 3.34. The summed E-state index contributed by atoms with van der Waals surface area (Å²) in [5.41, 5.74) is 1.65. The molecular formula is C13H12Cl3N3OS2. The molecule has 1 heterocycles. The molecule has 1 aromatic rings. The van der Waals surface area contributed by atoms with Crippen molar-refractivity contribution in [3.8, 4) is 6.07 Å². The number of nitrogens with one attached hydrogen (secondary N) is 2. The van der Waals surface area contributed by atoms with Crippen LogP contribution in [-0.2, 0) is 17.6 Å². The van der Waals surface area contributed by atoms with Crippen LogP contribution in [0.15, 0.2) is 0 Å². The molecule has 1 amide bonds. The summed E-state index contributed by atoms with van der Waals surface area (Å²) in [5.74, 6) is -0.245. The van der Waals surface area contributed by atoms with Gasteiger partial charge in [-0.1, -0.05) is 41.7 Å². The number of anilines is 1. The topological polar surface area (TPSA) is 64.9 Å². The van der Waals surface area contributed by atoms with Gasteiger partial charge in [0.2, 0.25) is 0 Å². The molecule has 2 rings (SSSR count). The van der Waals surface area contributed by atoms with Crippen LogP contribution in [0, 0.1) is 17.2 Å². The number of rotatable bonds is 1. The van der Waals surface area contributed by atoms with Gasteiger partial charge in [0.1, 0.15) is 11.1 Å². The van der Waals surface area contributed by atoms with E-state index in [0.717, 1.165) is 24.8 Å². The van der Waals surface area contributed by atoms with Crippen molar-refractivity contribution in [1.29, 1.82) is 5.26 Å². The van der Waals surface area contributed by atoms with E-state index < -0.39 is 9.70 Å². The van der Waals surface area contributed by atoms with Gasteiger partial charge in [-0.15, -0.1) is 11.3 Å². The van der Waals surface area contributed by atoms with Gasteiger partial charge in [-0.2, -0.15) is 5.26 Å². The van der Waals surface area contributed by atoms with Crippen LogP contribution in [0.3, 0.4) is 0 Å². The van der Waals surface area contributed by atoms with Crippen molar-refractivity contribution in [3.63, 3.8) is 0 Å². The molecule has 0 fully saturated rings. The summed E-state index contributed by atoms with van der Waals surface area (Å²) in [6.07, 6.45) is 2.89. The summed E-state index contributed by atoms with van der Waals surface area (Å²) in [5, 5.41) is 15.1. The Bertz CT molecular complexity index is 661. The van der Waals surface area contributed by atoms with Crippen LogP contribution in [0.4, 0.5) is 5.00 Å². The number of thiophene rings is 1. The van der Waals surface area contributed by atoms with Crippen LogP contribution >= 0.6 is 58.4 Å². The molecule has 1 aliphatic rings. The number of fused-ring (bicyclic) bond motifs is 1. The van der Waals surface area contributed by atoms with Gasteiger partial charge in [0.25, 0.3) is 9.70 Å². The second-order valence-electron chi connectivity index (χ2n) is 5.07. The highest BCUT2D eigenvalue weighted by molar-refractivity contribution is 7.80. The zero-order chi connectivity index (χ0) is 16.5. The molecule has 0 saturated carbocycles. The molecule has 1 aromatic heterocycles. The molecule has 0 aromatic carbocycles. The number of nitrogens with zero attached hydrogens (tertiary/aromatic N) is 1. The summed E-state index contributed by atoms with van der Waals surface area (Å²) in [6.45, 7) is 2.19. The molecular weight excluding hydrogens is 385 g/mol. The molecule has 0 saturated heterocycles. The van der Waals surface area contributed by atoms with Crippen molar-refractivity contribution in [2.45, 2.75) is 30.0 Å². The SMILES string of the molecule is C[C@H]1CCc2c(sc(NC(=S)NC(=O)C(Cl)(Cl)Cl)c2C#N)C1. The Morgan fingerprint density at radius 1 is 1.50 bits per heavy atom. The standard InChI is InChI=1S/C13H12Cl3N3OS2/c1-6-2-3-7-8(5-17)10(22-9(7)4-6)18-12(21)19-11(20)13(14,15)16/h6H,2-4H2,1H3,(H2,18,19,20,21)/t6-/m0/s1. The summed E-state index contributed by atoms with van der Waals surface area (Å²) in [4.78, 5) is 12.7. The minimum Gasteiger partial charge on any atom is -0.323 e. The first-order chi connectivity index (χ1) is 10.2. The van der Waals surface area contributed by atoms with Crippen molar-refractivity contribution in [3.05, 3.63) is 16.0 Å². The van der Waals surface area contributed by atoms with E-state index in [9.17, 15) is 10.1 Å². The number of carbonyl (C=O) groups excluding carboxylic acids is 1. The highest BCUT2D eigenvalue weighted by Crippen LogP contribution is 2.39. The first-order valence-corrected chi connectivity index (χ1v) is 8.82. The van der Waals surface area contributed by atoms with E-state index in [1.165, 1.54) is 16.2 Å². The highest BCUT2D eigenvalue weighted by Gasteiger charge is 2.31. The van der Waals surface area contributed by atoms with Gasteiger partial charge < -0.3 is 5.32 Å². The zero-order valence-electron chi connectivity index (χ0n) is 11.5. The average molecular weight is 397 g/mol. The third-order valence-corrected chi connectivity index (χ3v) is 5.22. The lowest BCUT2D eigenvalue weighted by Gasteiger charge is -2.17. The molecule has 0 unspecified atom stereocenters. The van der Waals surface area contributed by atoms with Crippen LogP contribution in [-0.4, -0.2) is 14.8 Å². The molecule has 0 radical (unpaired) electrons. The fourth-order valence-electron chi connectivity index (χ4n) is 2.27. The lowest BCUT2D eigenvalue weighted by atomic mass is 9.89. The second kappa shape index (κ2) is 6.90. The van der Waals surface area contributed by atoms with E-state index in [1.54, 1.807) is 0 Å². The normalized spacial score (nSPS) is 17.3.